The van der Waals surface area contributed by atoms with Gasteiger partial charge in [0.15, 0.2) is 5.78 Å². The average molecular weight is 321 g/mol. The highest BCUT2D eigenvalue weighted by molar-refractivity contribution is 5.95. The van der Waals surface area contributed by atoms with Crippen LogP contribution in [0, 0.1) is 0 Å². The molecule has 2 nitrogen and oxygen atoms in total. The van der Waals surface area contributed by atoms with Crippen LogP contribution in [0.4, 0.5) is 0 Å². The van der Waals surface area contributed by atoms with Gasteiger partial charge >= 0.3 is 0 Å². The minimum atomic E-state index is 0. The molecule has 0 spiro atoms. The Hall–Kier alpha value is -0.420. The fraction of sp³-hybridized carbons (Fsp3) is 0.417. The molecule has 0 aliphatic carbocycles. The number of hydrogen-bond acceptors (Lipinski definition) is 1. The van der Waals surface area contributed by atoms with Crippen molar-refractivity contribution in [2.75, 3.05) is 21.1 Å². The largest absolute Gasteiger partial charge is 1.00 e. The third-order valence-corrected chi connectivity index (χ3v) is 1.42. The summed E-state index contributed by atoms with van der Waals surface area (Å²) in [7, 11) is 6.25. The van der Waals surface area contributed by atoms with Gasteiger partial charge in [-0.2, -0.15) is 0 Å². The van der Waals surface area contributed by atoms with Crippen LogP contribution < -0.4 is 28.9 Å². The van der Waals surface area contributed by atoms with Crippen molar-refractivity contribution in [3.05, 3.63) is 35.9 Å². The molecular formula is C12H20INO. The minimum absolute atomic E-state index is 0. The van der Waals surface area contributed by atoms with E-state index in [0.717, 1.165) is 5.56 Å². The van der Waals surface area contributed by atoms with Gasteiger partial charge in [-0.3, -0.25) is 4.79 Å². The average Bonchev–Trinajstić information content (AvgIpc) is 2.17. The summed E-state index contributed by atoms with van der Waals surface area (Å²) in [4.78, 5) is 12.4. The van der Waals surface area contributed by atoms with Crippen LogP contribution in [0.2, 0.25) is 0 Å². The minimum Gasteiger partial charge on any atom is -1.00 e. The van der Waals surface area contributed by atoms with Crippen molar-refractivity contribution in [3.63, 3.8) is 0 Å². The quantitative estimate of drug-likeness (QED) is 0.496. The molecule has 0 saturated heterocycles. The van der Waals surface area contributed by atoms with Crippen LogP contribution in [-0.4, -0.2) is 26.9 Å². The van der Waals surface area contributed by atoms with Crippen LogP contribution in [0.3, 0.4) is 0 Å². The first-order chi connectivity index (χ1) is 6.57. The fourth-order valence-electron chi connectivity index (χ4n) is 0.828. The smallest absolute Gasteiger partial charge is 0.162 e. The first-order valence-corrected chi connectivity index (χ1v) is 4.93. The van der Waals surface area contributed by atoms with Gasteiger partial charge in [0.1, 0.15) is 0 Å². The van der Waals surface area contributed by atoms with E-state index in [2.05, 4.69) is 21.1 Å². The lowest BCUT2D eigenvalue weighted by Crippen LogP contribution is -3.02. The molecule has 0 saturated carbocycles. The molecule has 1 rings (SSSR count). The summed E-state index contributed by atoms with van der Waals surface area (Å²) in [5, 5.41) is 0. The van der Waals surface area contributed by atoms with Gasteiger partial charge in [-0.05, 0) is 0 Å². The highest BCUT2D eigenvalue weighted by Gasteiger charge is 1.98. The molecule has 0 amide bonds. The van der Waals surface area contributed by atoms with Gasteiger partial charge in [0, 0.05) is 12.0 Å². The number of halogens is 1. The predicted molar refractivity (Wildman–Crippen MR) is 59.8 cm³/mol. The van der Waals surface area contributed by atoms with Gasteiger partial charge in [0.05, 0.1) is 21.1 Å². The van der Waals surface area contributed by atoms with E-state index in [9.17, 15) is 4.79 Å². The Morgan fingerprint density at radius 2 is 1.53 bits per heavy atom. The number of rotatable bonds is 2. The van der Waals surface area contributed by atoms with Crippen LogP contribution in [0.1, 0.15) is 23.7 Å². The van der Waals surface area contributed by atoms with Crippen molar-refractivity contribution in [3.8, 4) is 0 Å². The van der Waals surface area contributed by atoms with Gasteiger partial charge in [0.25, 0.3) is 0 Å². The topological polar surface area (TPSA) is 21.5 Å². The number of benzene rings is 1. The zero-order valence-corrected chi connectivity index (χ0v) is 12.0. The maximum Gasteiger partial charge on any atom is 0.162 e. The summed E-state index contributed by atoms with van der Waals surface area (Å²) < 4.78 is 0. The maximum atomic E-state index is 11.0. The number of ketones is 1. The molecule has 3 heteroatoms. The fourth-order valence-corrected chi connectivity index (χ4v) is 0.828. The zero-order chi connectivity index (χ0) is 11.0. The van der Waals surface area contributed by atoms with Crippen molar-refractivity contribution in [2.45, 2.75) is 13.3 Å². The van der Waals surface area contributed by atoms with Crippen LogP contribution in [0.5, 0.6) is 0 Å². The second-order valence-electron chi connectivity index (χ2n) is 3.64. The van der Waals surface area contributed by atoms with Gasteiger partial charge in [-0.1, -0.05) is 37.3 Å². The molecule has 15 heavy (non-hydrogen) atoms. The van der Waals surface area contributed by atoms with Crippen molar-refractivity contribution in [1.29, 1.82) is 0 Å². The molecule has 0 bridgehead atoms. The highest BCUT2D eigenvalue weighted by Crippen LogP contribution is 2.01. The van der Waals surface area contributed by atoms with Crippen LogP contribution >= 0.6 is 0 Å². The molecule has 0 unspecified atom stereocenters. The summed E-state index contributed by atoms with van der Waals surface area (Å²) in [6, 6.07) is 9.34. The molecule has 0 fully saturated rings. The lowest BCUT2D eigenvalue weighted by molar-refractivity contribution is -0.836. The molecule has 1 aromatic rings. The number of carbonyl (C=O) groups excluding carboxylic acids is 1. The maximum absolute atomic E-state index is 11.0. The molecule has 0 aliphatic heterocycles. The summed E-state index contributed by atoms with van der Waals surface area (Å²) in [5.74, 6) is 0.209. The van der Waals surface area contributed by atoms with Crippen molar-refractivity contribution in [2.24, 2.45) is 0 Å². The van der Waals surface area contributed by atoms with E-state index in [-0.39, 0.29) is 29.8 Å². The van der Waals surface area contributed by atoms with Crippen LogP contribution in [0.15, 0.2) is 30.3 Å². The zero-order valence-electron chi connectivity index (χ0n) is 9.88. The van der Waals surface area contributed by atoms with E-state index in [0.29, 0.717) is 6.42 Å². The number of quaternary nitrogens is 1. The van der Waals surface area contributed by atoms with Gasteiger partial charge in [-0.15, -0.1) is 0 Å². The third kappa shape index (κ3) is 9.87. The number of Topliss-reactive ketones (excluding diaryl/α,β-unsaturated/α-hetero) is 1. The Balaban J connectivity index is 0. The molecule has 1 aromatic carbocycles. The SMILES string of the molecule is CCC(=O)c1ccccc1.C[NH+](C)C.[I-]. The monoisotopic (exact) mass is 321 g/mol. The molecule has 86 valence electrons. The predicted octanol–water partition coefficient (Wildman–Crippen LogP) is -1.96. The molecule has 0 aliphatic rings. The van der Waals surface area contributed by atoms with E-state index in [1.54, 1.807) is 0 Å². The molecule has 1 N–H and O–H groups in total. The van der Waals surface area contributed by atoms with Crippen LogP contribution in [0.25, 0.3) is 0 Å². The van der Waals surface area contributed by atoms with E-state index in [1.165, 1.54) is 4.90 Å². The Kier molecular flexibility index (Phi) is 11.5. The Labute approximate surface area is 110 Å². The molecule has 0 atom stereocenters. The Morgan fingerprint density at radius 1 is 1.13 bits per heavy atom. The summed E-state index contributed by atoms with van der Waals surface area (Å²) in [5.41, 5.74) is 0.810. The molecular weight excluding hydrogens is 301 g/mol. The number of nitrogens with one attached hydrogen (secondary N) is 1. The van der Waals surface area contributed by atoms with E-state index in [4.69, 9.17) is 0 Å². The number of carbonyl (C=O) groups is 1. The molecule has 0 aromatic heterocycles. The van der Waals surface area contributed by atoms with Crippen LogP contribution in [-0.2, 0) is 0 Å². The summed E-state index contributed by atoms with van der Waals surface area (Å²) in [6.45, 7) is 1.87. The summed E-state index contributed by atoms with van der Waals surface area (Å²) in [6.07, 6.45) is 0.587. The van der Waals surface area contributed by atoms with E-state index in [1.807, 2.05) is 37.3 Å². The second-order valence-corrected chi connectivity index (χ2v) is 3.64. The normalized spacial score (nSPS) is 8.60. The second kappa shape index (κ2) is 10.1. The van der Waals surface area contributed by atoms with Gasteiger partial charge < -0.3 is 28.9 Å². The molecule has 0 heterocycles. The Bertz CT molecular complexity index is 257. The van der Waals surface area contributed by atoms with Crippen molar-refractivity contribution >= 4 is 5.78 Å². The highest BCUT2D eigenvalue weighted by atomic mass is 127. The number of hydrogen-bond donors (Lipinski definition) is 1. The lowest BCUT2D eigenvalue weighted by Gasteiger charge is -1.93. The van der Waals surface area contributed by atoms with E-state index < -0.39 is 0 Å². The molecule has 0 radical (unpaired) electrons. The first kappa shape index (κ1) is 17.0. The Morgan fingerprint density at radius 3 is 1.87 bits per heavy atom. The standard InChI is InChI=1S/C9H10O.C3H9N.HI/c1-2-9(10)8-6-4-3-5-7-8;1-4(2)3;/h3-7H,2H2,1H3;1-3H3;1H. The van der Waals surface area contributed by atoms with Crippen molar-refractivity contribution < 1.29 is 33.7 Å². The summed E-state index contributed by atoms with van der Waals surface area (Å²) >= 11 is 0. The lowest BCUT2D eigenvalue weighted by atomic mass is 10.1. The third-order valence-electron chi connectivity index (χ3n) is 1.42. The van der Waals surface area contributed by atoms with Crippen molar-refractivity contribution in [1.82, 2.24) is 0 Å². The van der Waals surface area contributed by atoms with E-state index >= 15 is 0 Å². The van der Waals surface area contributed by atoms with Gasteiger partial charge in [-0.25, -0.2) is 0 Å². The van der Waals surface area contributed by atoms with Gasteiger partial charge in [0.2, 0.25) is 0 Å². The first-order valence-electron chi connectivity index (χ1n) is 4.93.